The molecule has 3 aromatic rings. The van der Waals surface area contributed by atoms with Crippen LogP contribution in [0.3, 0.4) is 0 Å². The van der Waals surface area contributed by atoms with Crippen LogP contribution >= 0.6 is 0 Å². The van der Waals surface area contributed by atoms with Crippen LogP contribution in [0.2, 0.25) is 0 Å². The molecule has 0 radical (unpaired) electrons. The van der Waals surface area contributed by atoms with Gasteiger partial charge in [0.1, 0.15) is 5.41 Å². The van der Waals surface area contributed by atoms with Crippen molar-refractivity contribution in [3.05, 3.63) is 65.4 Å². The molecule has 198 valence electrons. The minimum atomic E-state index is -0.614. The van der Waals surface area contributed by atoms with E-state index in [-0.39, 0.29) is 12.0 Å². The van der Waals surface area contributed by atoms with Gasteiger partial charge in [-0.25, -0.2) is 9.67 Å². The maximum absolute atomic E-state index is 13.0. The van der Waals surface area contributed by atoms with Gasteiger partial charge in [0, 0.05) is 31.9 Å². The summed E-state index contributed by atoms with van der Waals surface area (Å²) in [5, 5.41) is 17.4. The number of hydrogen-bond donors (Lipinski definition) is 1. The lowest BCUT2D eigenvalue weighted by molar-refractivity contribution is 0.0570. The maximum Gasteiger partial charge on any atom is 0.259 e. The molecule has 0 saturated carbocycles. The highest BCUT2D eigenvalue weighted by molar-refractivity contribution is 6.04. The van der Waals surface area contributed by atoms with E-state index in [0.29, 0.717) is 34.7 Å². The van der Waals surface area contributed by atoms with Gasteiger partial charge < -0.3 is 10.1 Å². The summed E-state index contributed by atoms with van der Waals surface area (Å²) >= 11 is 0. The number of piperidine rings is 1. The minimum absolute atomic E-state index is 0.239. The third kappa shape index (κ3) is 4.94. The van der Waals surface area contributed by atoms with E-state index in [1.54, 1.807) is 17.1 Å². The number of nitriles is 1. The average Bonchev–Trinajstić information content (AvgIpc) is 3.54. The number of carbonyl (C=O) groups is 1. The van der Waals surface area contributed by atoms with Gasteiger partial charge in [0.15, 0.2) is 5.82 Å². The number of pyridine rings is 2. The molecule has 1 N–H and O–H groups in total. The quantitative estimate of drug-likeness (QED) is 0.521. The van der Waals surface area contributed by atoms with Crippen LogP contribution in [0.5, 0.6) is 0 Å². The molecule has 2 unspecified atom stereocenters. The van der Waals surface area contributed by atoms with Gasteiger partial charge in [-0.05, 0) is 62.8 Å². The average molecular weight is 514 g/mol. The van der Waals surface area contributed by atoms with E-state index in [9.17, 15) is 10.1 Å². The lowest BCUT2D eigenvalue weighted by atomic mass is 9.76. The lowest BCUT2D eigenvalue weighted by Gasteiger charge is -2.40. The van der Waals surface area contributed by atoms with Crippen molar-refractivity contribution in [2.24, 2.45) is 0 Å². The number of rotatable bonds is 6. The molecule has 3 aromatic heterocycles. The molecule has 0 aromatic carbocycles. The summed E-state index contributed by atoms with van der Waals surface area (Å²) in [5.74, 6) is 0.793. The highest BCUT2D eigenvalue weighted by atomic mass is 16.5. The third-order valence-electron chi connectivity index (χ3n) is 8.09. The predicted octanol–water partition coefficient (Wildman–Crippen LogP) is 4.38. The summed E-state index contributed by atoms with van der Waals surface area (Å²) in [6.07, 6.45) is 7.79. The van der Waals surface area contributed by atoms with Gasteiger partial charge in [-0.2, -0.15) is 10.4 Å². The molecule has 1 amide bonds. The summed E-state index contributed by atoms with van der Waals surface area (Å²) in [6, 6.07) is 10.6. The molecule has 9 heteroatoms. The first-order chi connectivity index (χ1) is 18.3. The van der Waals surface area contributed by atoms with Crippen molar-refractivity contribution in [3.63, 3.8) is 0 Å². The minimum Gasteiger partial charge on any atom is -0.377 e. The van der Waals surface area contributed by atoms with Gasteiger partial charge in [-0.1, -0.05) is 19.9 Å². The number of nitrogens with one attached hydrogen (secondary N) is 1. The van der Waals surface area contributed by atoms with Gasteiger partial charge in [-0.15, -0.1) is 0 Å². The molecule has 38 heavy (non-hydrogen) atoms. The van der Waals surface area contributed by atoms with Crippen LogP contribution in [0.4, 0.5) is 5.69 Å². The molecular weight excluding hydrogens is 478 g/mol. The smallest absolute Gasteiger partial charge is 0.259 e. The molecular formula is C29H35N7O2. The normalized spacial score (nSPS) is 21.4. The Hall–Kier alpha value is -3.61. The number of ether oxygens (including phenoxy) is 1. The van der Waals surface area contributed by atoms with Crippen molar-refractivity contribution in [3.8, 4) is 11.9 Å². The van der Waals surface area contributed by atoms with E-state index < -0.39 is 5.41 Å². The Kier molecular flexibility index (Phi) is 7.28. The van der Waals surface area contributed by atoms with Gasteiger partial charge in [0.05, 0.1) is 47.2 Å². The number of hydrogen-bond acceptors (Lipinski definition) is 7. The molecule has 0 spiro atoms. The standard InChI is InChI=1S/C29H35N7O2/c1-19(2)22-5-8-27(32-15-22)36-20(3)24(17-33-36)28(37)34-23-6-7-26(31-16-23)29(18-30)10-12-35(13-11-29)25-9-14-38-21(25)4/h5-8,15-17,19,21,25H,9-14H2,1-4H3,(H,34,37). The monoisotopic (exact) mass is 513 g/mol. The van der Waals surface area contributed by atoms with E-state index >= 15 is 0 Å². The van der Waals surface area contributed by atoms with Crippen LogP contribution in [-0.2, 0) is 10.2 Å². The zero-order chi connectivity index (χ0) is 26.9. The van der Waals surface area contributed by atoms with E-state index in [4.69, 9.17) is 4.74 Å². The fourth-order valence-corrected chi connectivity index (χ4v) is 5.54. The van der Waals surface area contributed by atoms with Crippen molar-refractivity contribution < 1.29 is 9.53 Å². The second-order valence-corrected chi connectivity index (χ2v) is 10.7. The Morgan fingerprint density at radius 3 is 2.53 bits per heavy atom. The van der Waals surface area contributed by atoms with Gasteiger partial charge >= 0.3 is 0 Å². The van der Waals surface area contributed by atoms with Crippen LogP contribution in [0.25, 0.3) is 5.82 Å². The third-order valence-corrected chi connectivity index (χ3v) is 8.09. The second kappa shape index (κ2) is 10.6. The first-order valence-corrected chi connectivity index (χ1v) is 13.4. The largest absolute Gasteiger partial charge is 0.377 e. The lowest BCUT2D eigenvalue weighted by Crippen LogP contribution is -2.48. The van der Waals surface area contributed by atoms with Crippen LogP contribution in [0, 0.1) is 18.3 Å². The van der Waals surface area contributed by atoms with E-state index in [0.717, 1.165) is 50.2 Å². The van der Waals surface area contributed by atoms with Crippen LogP contribution in [-0.4, -0.2) is 62.4 Å². The molecule has 2 aliphatic rings. The molecule has 0 aliphatic carbocycles. The van der Waals surface area contributed by atoms with E-state index in [2.05, 4.69) is 52.1 Å². The van der Waals surface area contributed by atoms with Crippen molar-refractivity contribution in [2.45, 2.75) is 70.4 Å². The van der Waals surface area contributed by atoms with Crippen LogP contribution in [0.15, 0.2) is 42.9 Å². The maximum atomic E-state index is 13.0. The van der Waals surface area contributed by atoms with Crippen LogP contribution in [0.1, 0.15) is 73.3 Å². The number of aromatic nitrogens is 4. The molecule has 2 fully saturated rings. The Morgan fingerprint density at radius 1 is 1.16 bits per heavy atom. The number of carbonyl (C=O) groups excluding carboxylic acids is 1. The van der Waals surface area contributed by atoms with Gasteiger partial charge in [-0.3, -0.25) is 14.7 Å². The molecule has 5 heterocycles. The summed E-state index contributed by atoms with van der Waals surface area (Å²) in [6.45, 7) is 10.7. The first-order valence-electron chi connectivity index (χ1n) is 13.4. The topological polar surface area (TPSA) is 109 Å². The fraction of sp³-hybridized carbons (Fsp3) is 0.483. The Labute approximate surface area is 223 Å². The Balaban J connectivity index is 1.25. The van der Waals surface area contributed by atoms with E-state index in [1.165, 1.54) is 0 Å². The predicted molar refractivity (Wildman–Crippen MR) is 144 cm³/mol. The summed E-state index contributed by atoms with van der Waals surface area (Å²) in [4.78, 5) is 24.6. The Bertz CT molecular complexity index is 1320. The van der Waals surface area contributed by atoms with Crippen LogP contribution < -0.4 is 5.32 Å². The van der Waals surface area contributed by atoms with Crippen molar-refractivity contribution in [1.82, 2.24) is 24.6 Å². The highest BCUT2D eigenvalue weighted by Crippen LogP contribution is 2.36. The molecule has 2 aliphatic heterocycles. The fourth-order valence-electron chi connectivity index (χ4n) is 5.54. The van der Waals surface area contributed by atoms with Crippen molar-refractivity contribution in [1.29, 1.82) is 5.26 Å². The van der Waals surface area contributed by atoms with Gasteiger partial charge in [0.25, 0.3) is 5.91 Å². The number of anilines is 1. The number of amides is 1. The summed E-state index contributed by atoms with van der Waals surface area (Å²) in [7, 11) is 0. The molecule has 9 nitrogen and oxygen atoms in total. The van der Waals surface area contributed by atoms with E-state index in [1.807, 2.05) is 37.4 Å². The van der Waals surface area contributed by atoms with Crippen molar-refractivity contribution >= 4 is 11.6 Å². The highest BCUT2D eigenvalue weighted by Gasteiger charge is 2.41. The second-order valence-electron chi connectivity index (χ2n) is 10.7. The molecule has 5 rings (SSSR count). The Morgan fingerprint density at radius 2 is 1.95 bits per heavy atom. The van der Waals surface area contributed by atoms with Crippen molar-refractivity contribution in [2.75, 3.05) is 25.0 Å². The summed E-state index contributed by atoms with van der Waals surface area (Å²) < 4.78 is 7.41. The first kappa shape index (κ1) is 26.0. The number of nitrogens with zero attached hydrogens (tertiary/aromatic N) is 6. The zero-order valence-electron chi connectivity index (χ0n) is 22.5. The van der Waals surface area contributed by atoms with Gasteiger partial charge in [0.2, 0.25) is 0 Å². The zero-order valence-corrected chi connectivity index (χ0v) is 22.5. The molecule has 2 saturated heterocycles. The molecule has 0 bridgehead atoms. The number of likely N-dealkylation sites (tertiary alicyclic amines) is 1. The summed E-state index contributed by atoms with van der Waals surface area (Å²) in [5.41, 5.74) is 3.04. The SMILES string of the molecule is Cc1c(C(=O)Nc2ccc(C3(C#N)CCN(C4CCOC4C)CC3)nc2)cnn1-c1ccc(C(C)C)cn1. The molecule has 2 atom stereocenters.